The lowest BCUT2D eigenvalue weighted by molar-refractivity contribution is 0.0964. The number of nitrogens with one attached hydrogen (secondary N) is 1. The van der Waals surface area contributed by atoms with Gasteiger partial charge in [-0.1, -0.05) is 41.9 Å². The first-order valence-electron chi connectivity index (χ1n) is 6.85. The van der Waals surface area contributed by atoms with Gasteiger partial charge < -0.3 is 4.98 Å². The van der Waals surface area contributed by atoms with E-state index in [9.17, 15) is 9.59 Å². The zero-order valence-electron chi connectivity index (χ0n) is 11.8. The number of carbonyl (C=O) groups is 1. The van der Waals surface area contributed by atoms with Crippen LogP contribution in [-0.4, -0.2) is 15.8 Å². The zero-order valence-corrected chi connectivity index (χ0v) is 12.6. The van der Waals surface area contributed by atoms with Crippen LogP contribution in [-0.2, 0) is 0 Å². The fraction of sp³-hybridized carbons (Fsp3) is 0.118. The number of rotatable bonds is 3. The van der Waals surface area contributed by atoms with E-state index in [0.717, 1.165) is 0 Å². The van der Waals surface area contributed by atoms with Crippen molar-refractivity contribution in [3.05, 3.63) is 75.2 Å². The molecule has 0 saturated heterocycles. The molecule has 0 aliphatic carbocycles. The van der Waals surface area contributed by atoms with E-state index in [-0.39, 0.29) is 17.0 Å². The van der Waals surface area contributed by atoms with E-state index in [1.165, 1.54) is 0 Å². The van der Waals surface area contributed by atoms with Crippen LogP contribution >= 0.6 is 11.6 Å². The monoisotopic (exact) mass is 312 g/mol. The van der Waals surface area contributed by atoms with Crippen molar-refractivity contribution >= 4 is 28.4 Å². The van der Waals surface area contributed by atoms with E-state index in [1.807, 2.05) is 6.07 Å². The molecule has 2 aromatic carbocycles. The SMILES string of the molecule is C[C@@H](C(=O)c1ccccc1)c1nc2ccc(Cl)cc2[nH]c1=O. The smallest absolute Gasteiger partial charge is 0.270 e. The number of Topliss-reactive ketones (excluding diaryl/α,β-unsaturated/α-hetero) is 1. The third kappa shape index (κ3) is 2.65. The quantitative estimate of drug-likeness (QED) is 0.752. The van der Waals surface area contributed by atoms with Crippen LogP contribution in [0.25, 0.3) is 11.0 Å². The highest BCUT2D eigenvalue weighted by Crippen LogP contribution is 2.19. The second-order valence-corrected chi connectivity index (χ2v) is 5.50. The lowest BCUT2D eigenvalue weighted by Crippen LogP contribution is -2.22. The molecule has 0 aliphatic rings. The van der Waals surface area contributed by atoms with Gasteiger partial charge in [-0.05, 0) is 25.1 Å². The first-order valence-corrected chi connectivity index (χ1v) is 7.23. The number of H-pyrrole nitrogens is 1. The Labute approximate surface area is 131 Å². The maximum absolute atomic E-state index is 12.5. The summed E-state index contributed by atoms with van der Waals surface area (Å²) in [4.78, 5) is 31.8. The fourth-order valence-corrected chi connectivity index (χ4v) is 2.51. The molecule has 3 aromatic rings. The molecule has 0 radical (unpaired) electrons. The Morgan fingerprint density at radius 2 is 1.91 bits per heavy atom. The molecule has 110 valence electrons. The van der Waals surface area contributed by atoms with Crippen molar-refractivity contribution in [1.29, 1.82) is 0 Å². The molecule has 1 heterocycles. The van der Waals surface area contributed by atoms with Crippen molar-refractivity contribution in [2.75, 3.05) is 0 Å². The van der Waals surface area contributed by atoms with Gasteiger partial charge in [0.05, 0.1) is 17.0 Å². The van der Waals surface area contributed by atoms with Gasteiger partial charge in [0.2, 0.25) is 0 Å². The van der Waals surface area contributed by atoms with Crippen molar-refractivity contribution in [2.45, 2.75) is 12.8 Å². The maximum Gasteiger partial charge on any atom is 0.270 e. The van der Waals surface area contributed by atoms with E-state index in [4.69, 9.17) is 11.6 Å². The summed E-state index contributed by atoms with van der Waals surface area (Å²) in [6.07, 6.45) is 0. The van der Waals surface area contributed by atoms with Crippen molar-refractivity contribution in [3.63, 3.8) is 0 Å². The van der Waals surface area contributed by atoms with Gasteiger partial charge in [0.25, 0.3) is 5.56 Å². The highest BCUT2D eigenvalue weighted by atomic mass is 35.5. The largest absolute Gasteiger partial charge is 0.319 e. The predicted molar refractivity (Wildman–Crippen MR) is 86.6 cm³/mol. The van der Waals surface area contributed by atoms with Crippen LogP contribution in [0.15, 0.2) is 53.3 Å². The molecule has 4 nitrogen and oxygen atoms in total. The van der Waals surface area contributed by atoms with Crippen LogP contribution in [0.2, 0.25) is 5.02 Å². The highest BCUT2D eigenvalue weighted by molar-refractivity contribution is 6.31. The second-order valence-electron chi connectivity index (χ2n) is 5.06. The molecule has 3 rings (SSSR count). The van der Waals surface area contributed by atoms with Gasteiger partial charge in [-0.15, -0.1) is 0 Å². The van der Waals surface area contributed by atoms with E-state index >= 15 is 0 Å². The third-order valence-corrected chi connectivity index (χ3v) is 3.78. The molecule has 0 fully saturated rings. The number of fused-ring (bicyclic) bond motifs is 1. The van der Waals surface area contributed by atoms with Gasteiger partial charge in [0, 0.05) is 10.6 Å². The lowest BCUT2D eigenvalue weighted by Gasteiger charge is -2.10. The number of aromatic nitrogens is 2. The molecule has 0 bridgehead atoms. The average Bonchev–Trinajstić information content (AvgIpc) is 2.53. The number of aromatic amines is 1. The minimum absolute atomic E-state index is 0.132. The summed E-state index contributed by atoms with van der Waals surface area (Å²) >= 11 is 5.90. The Morgan fingerprint density at radius 3 is 2.64 bits per heavy atom. The van der Waals surface area contributed by atoms with Gasteiger partial charge in [-0.25, -0.2) is 4.98 Å². The molecule has 1 N–H and O–H groups in total. The predicted octanol–water partition coefficient (Wildman–Crippen LogP) is 3.56. The number of hydrogen-bond acceptors (Lipinski definition) is 3. The number of carbonyl (C=O) groups excluding carboxylic acids is 1. The molecule has 0 saturated carbocycles. The normalized spacial score (nSPS) is 12.3. The Balaban J connectivity index is 2.06. The first kappa shape index (κ1) is 14.5. The topological polar surface area (TPSA) is 62.8 Å². The summed E-state index contributed by atoms with van der Waals surface area (Å²) < 4.78 is 0. The summed E-state index contributed by atoms with van der Waals surface area (Å²) in [7, 11) is 0. The van der Waals surface area contributed by atoms with Crippen molar-refractivity contribution in [1.82, 2.24) is 9.97 Å². The number of hydrogen-bond donors (Lipinski definition) is 1. The summed E-state index contributed by atoms with van der Waals surface area (Å²) in [5.41, 5.74) is 1.56. The van der Waals surface area contributed by atoms with Gasteiger partial charge in [0.15, 0.2) is 5.78 Å². The summed E-state index contributed by atoms with van der Waals surface area (Å²) in [6.45, 7) is 1.69. The van der Waals surface area contributed by atoms with Crippen LogP contribution in [0.3, 0.4) is 0 Å². The van der Waals surface area contributed by atoms with E-state index in [2.05, 4.69) is 9.97 Å². The van der Waals surface area contributed by atoms with Gasteiger partial charge in [-0.2, -0.15) is 0 Å². The molecular formula is C17H13ClN2O2. The molecular weight excluding hydrogens is 300 g/mol. The molecule has 1 aromatic heterocycles. The van der Waals surface area contributed by atoms with E-state index in [0.29, 0.717) is 21.6 Å². The second kappa shape index (κ2) is 5.73. The molecule has 0 aliphatic heterocycles. The molecule has 0 amide bonds. The Kier molecular flexibility index (Phi) is 3.77. The number of ketones is 1. The van der Waals surface area contributed by atoms with Crippen LogP contribution < -0.4 is 5.56 Å². The van der Waals surface area contributed by atoms with Crippen LogP contribution in [0.1, 0.15) is 28.9 Å². The van der Waals surface area contributed by atoms with Crippen LogP contribution in [0.4, 0.5) is 0 Å². The minimum Gasteiger partial charge on any atom is -0.319 e. The maximum atomic E-state index is 12.5. The van der Waals surface area contributed by atoms with E-state index < -0.39 is 5.92 Å². The number of nitrogens with zero attached hydrogens (tertiary/aromatic N) is 1. The van der Waals surface area contributed by atoms with Crippen molar-refractivity contribution in [2.24, 2.45) is 0 Å². The lowest BCUT2D eigenvalue weighted by atomic mass is 9.96. The van der Waals surface area contributed by atoms with Crippen LogP contribution in [0, 0.1) is 0 Å². The standard InChI is InChI=1S/C17H13ClN2O2/c1-10(16(21)11-5-3-2-4-6-11)15-17(22)20-14-9-12(18)7-8-13(14)19-15/h2-10H,1H3,(H,20,22)/t10-/m1/s1. The summed E-state index contributed by atoms with van der Waals surface area (Å²) in [5.74, 6) is -0.752. The Hall–Kier alpha value is -2.46. The van der Waals surface area contributed by atoms with Crippen LogP contribution in [0.5, 0.6) is 0 Å². The minimum atomic E-state index is -0.619. The molecule has 1 atom stereocenters. The Morgan fingerprint density at radius 1 is 1.18 bits per heavy atom. The van der Waals surface area contributed by atoms with Crippen molar-refractivity contribution < 1.29 is 4.79 Å². The van der Waals surface area contributed by atoms with Gasteiger partial charge >= 0.3 is 0 Å². The molecule has 0 unspecified atom stereocenters. The molecule has 0 spiro atoms. The Bertz CT molecular complexity index is 903. The average molecular weight is 313 g/mol. The van der Waals surface area contributed by atoms with Crippen molar-refractivity contribution in [3.8, 4) is 0 Å². The van der Waals surface area contributed by atoms with Gasteiger partial charge in [-0.3, -0.25) is 9.59 Å². The molecule has 5 heteroatoms. The third-order valence-electron chi connectivity index (χ3n) is 3.54. The number of benzene rings is 2. The van der Waals surface area contributed by atoms with Gasteiger partial charge in [0.1, 0.15) is 5.69 Å². The molecule has 22 heavy (non-hydrogen) atoms. The summed E-state index contributed by atoms with van der Waals surface area (Å²) in [6, 6.07) is 13.9. The highest BCUT2D eigenvalue weighted by Gasteiger charge is 2.21. The first-order chi connectivity index (χ1) is 10.6. The number of halogens is 1. The van der Waals surface area contributed by atoms with E-state index in [1.54, 1.807) is 49.4 Å². The summed E-state index contributed by atoms with van der Waals surface area (Å²) in [5, 5.41) is 0.520. The fourth-order valence-electron chi connectivity index (χ4n) is 2.34. The zero-order chi connectivity index (χ0) is 15.7.